The van der Waals surface area contributed by atoms with Gasteiger partial charge >= 0.3 is 0 Å². The number of guanidine groups is 1. The molecule has 0 aliphatic rings. The van der Waals surface area contributed by atoms with Crippen molar-refractivity contribution in [1.82, 2.24) is 30.6 Å². The molecule has 0 fully saturated rings. The summed E-state index contributed by atoms with van der Waals surface area (Å²) >= 11 is 0. The van der Waals surface area contributed by atoms with Gasteiger partial charge in [-0.2, -0.15) is 10.2 Å². The van der Waals surface area contributed by atoms with Gasteiger partial charge in [-0.05, 0) is 19.9 Å². The SMILES string of the molecule is CCNC(=NCc1ccn[nH]1)NCC(C)(O)c1cnn(C)c1. The summed E-state index contributed by atoms with van der Waals surface area (Å²) in [7, 11) is 1.82. The van der Waals surface area contributed by atoms with Crippen molar-refractivity contribution in [3.63, 3.8) is 0 Å². The topological polar surface area (TPSA) is 103 Å². The van der Waals surface area contributed by atoms with Gasteiger partial charge < -0.3 is 15.7 Å². The number of nitrogens with zero attached hydrogens (tertiary/aromatic N) is 4. The Balaban J connectivity index is 1.97. The van der Waals surface area contributed by atoms with Crippen molar-refractivity contribution in [3.8, 4) is 0 Å². The number of H-pyrrole nitrogens is 1. The first-order chi connectivity index (χ1) is 10.5. The minimum atomic E-state index is -1.03. The Hall–Kier alpha value is -2.35. The van der Waals surface area contributed by atoms with E-state index in [1.807, 2.05) is 20.0 Å². The Labute approximate surface area is 129 Å². The molecule has 120 valence electrons. The third kappa shape index (κ3) is 4.32. The molecule has 0 spiro atoms. The molecule has 0 saturated heterocycles. The molecule has 2 aromatic heterocycles. The Morgan fingerprint density at radius 2 is 2.32 bits per heavy atom. The van der Waals surface area contributed by atoms with E-state index >= 15 is 0 Å². The lowest BCUT2D eigenvalue weighted by Gasteiger charge is -2.23. The lowest BCUT2D eigenvalue weighted by atomic mass is 10.00. The molecule has 4 N–H and O–H groups in total. The van der Waals surface area contributed by atoms with Crippen LogP contribution in [0.4, 0.5) is 0 Å². The summed E-state index contributed by atoms with van der Waals surface area (Å²) in [6.07, 6.45) is 5.16. The Kier molecular flexibility index (Phi) is 5.16. The molecule has 1 atom stereocenters. The number of aliphatic hydroxyl groups is 1. The fraction of sp³-hybridized carbons (Fsp3) is 0.500. The monoisotopic (exact) mass is 305 g/mol. The van der Waals surface area contributed by atoms with Gasteiger partial charge in [-0.1, -0.05) is 0 Å². The van der Waals surface area contributed by atoms with Crippen LogP contribution in [0.3, 0.4) is 0 Å². The average Bonchev–Trinajstić information content (AvgIpc) is 3.13. The summed E-state index contributed by atoms with van der Waals surface area (Å²) in [6.45, 7) is 5.30. The van der Waals surface area contributed by atoms with Crippen LogP contribution in [-0.2, 0) is 19.2 Å². The molecule has 8 nitrogen and oxygen atoms in total. The second kappa shape index (κ2) is 7.08. The van der Waals surface area contributed by atoms with Crippen molar-refractivity contribution in [1.29, 1.82) is 0 Å². The van der Waals surface area contributed by atoms with Gasteiger partial charge in [0.1, 0.15) is 5.60 Å². The van der Waals surface area contributed by atoms with Crippen LogP contribution in [-0.4, -0.2) is 44.1 Å². The molecular formula is C14H23N7O. The maximum absolute atomic E-state index is 10.6. The second-order valence-corrected chi connectivity index (χ2v) is 5.31. The van der Waals surface area contributed by atoms with E-state index in [0.29, 0.717) is 19.0 Å². The number of hydrogen-bond acceptors (Lipinski definition) is 4. The highest BCUT2D eigenvalue weighted by atomic mass is 16.3. The predicted molar refractivity (Wildman–Crippen MR) is 84.2 cm³/mol. The minimum absolute atomic E-state index is 0.327. The molecule has 0 aliphatic carbocycles. The van der Waals surface area contributed by atoms with Crippen LogP contribution >= 0.6 is 0 Å². The molecule has 2 rings (SSSR count). The van der Waals surface area contributed by atoms with Gasteiger partial charge in [0.05, 0.1) is 25.0 Å². The molecular weight excluding hydrogens is 282 g/mol. The largest absolute Gasteiger partial charge is 0.383 e. The minimum Gasteiger partial charge on any atom is -0.383 e. The fourth-order valence-electron chi connectivity index (χ4n) is 1.94. The van der Waals surface area contributed by atoms with Gasteiger partial charge in [0.25, 0.3) is 0 Å². The summed E-state index contributed by atoms with van der Waals surface area (Å²) in [5.41, 5.74) is 0.654. The smallest absolute Gasteiger partial charge is 0.191 e. The summed E-state index contributed by atoms with van der Waals surface area (Å²) < 4.78 is 1.67. The number of aromatic amines is 1. The van der Waals surface area contributed by atoms with Gasteiger partial charge in [0.2, 0.25) is 0 Å². The number of rotatable bonds is 6. The Bertz CT molecular complexity index is 600. The second-order valence-electron chi connectivity index (χ2n) is 5.31. The third-order valence-electron chi connectivity index (χ3n) is 3.24. The van der Waals surface area contributed by atoms with Crippen molar-refractivity contribution in [2.75, 3.05) is 13.1 Å². The van der Waals surface area contributed by atoms with Gasteiger partial charge in [-0.3, -0.25) is 9.78 Å². The standard InChI is InChI=1S/C14H23N7O/c1-4-15-13(16-8-12-5-6-18-20-12)17-10-14(2,22)11-7-19-21(3)9-11/h5-7,9,22H,4,8,10H2,1-3H3,(H,18,20)(H2,15,16,17). The fourth-order valence-corrected chi connectivity index (χ4v) is 1.94. The first-order valence-electron chi connectivity index (χ1n) is 7.23. The molecule has 0 amide bonds. The van der Waals surface area contributed by atoms with Crippen molar-refractivity contribution in [2.45, 2.75) is 26.0 Å². The molecule has 0 aliphatic heterocycles. The third-order valence-corrected chi connectivity index (χ3v) is 3.24. The van der Waals surface area contributed by atoms with Crippen molar-refractivity contribution >= 4 is 5.96 Å². The highest BCUT2D eigenvalue weighted by molar-refractivity contribution is 5.79. The Morgan fingerprint density at radius 1 is 1.50 bits per heavy atom. The maximum atomic E-state index is 10.6. The molecule has 1 unspecified atom stereocenters. The number of nitrogens with one attached hydrogen (secondary N) is 3. The number of aromatic nitrogens is 4. The van der Waals surface area contributed by atoms with Crippen LogP contribution in [0.1, 0.15) is 25.1 Å². The number of aliphatic imine (C=N–C) groups is 1. The van der Waals surface area contributed by atoms with E-state index < -0.39 is 5.60 Å². The summed E-state index contributed by atoms with van der Waals surface area (Å²) in [5.74, 6) is 0.640. The van der Waals surface area contributed by atoms with Gasteiger partial charge in [-0.25, -0.2) is 4.99 Å². The molecule has 0 aromatic carbocycles. The van der Waals surface area contributed by atoms with Crippen LogP contribution in [0.15, 0.2) is 29.6 Å². The predicted octanol–water partition coefficient (Wildman–Crippen LogP) is 0.106. The lowest BCUT2D eigenvalue weighted by molar-refractivity contribution is 0.0616. The Morgan fingerprint density at radius 3 is 2.91 bits per heavy atom. The lowest BCUT2D eigenvalue weighted by Crippen LogP contribution is -2.44. The van der Waals surface area contributed by atoms with E-state index in [4.69, 9.17) is 0 Å². The summed E-state index contributed by atoms with van der Waals surface area (Å²) in [4.78, 5) is 4.45. The number of aryl methyl sites for hydroxylation is 1. The van der Waals surface area contributed by atoms with Gasteiger partial charge in [0, 0.05) is 31.5 Å². The highest BCUT2D eigenvalue weighted by Gasteiger charge is 2.24. The zero-order valence-electron chi connectivity index (χ0n) is 13.2. The van der Waals surface area contributed by atoms with E-state index in [1.165, 1.54) is 0 Å². The van der Waals surface area contributed by atoms with E-state index in [-0.39, 0.29) is 0 Å². The van der Waals surface area contributed by atoms with E-state index in [0.717, 1.165) is 17.8 Å². The molecule has 8 heteroatoms. The zero-order valence-corrected chi connectivity index (χ0v) is 13.2. The average molecular weight is 305 g/mol. The molecule has 0 saturated carbocycles. The maximum Gasteiger partial charge on any atom is 0.191 e. The quantitative estimate of drug-likeness (QED) is 0.448. The van der Waals surface area contributed by atoms with E-state index in [9.17, 15) is 5.11 Å². The van der Waals surface area contributed by atoms with Crippen LogP contribution < -0.4 is 10.6 Å². The molecule has 0 radical (unpaired) electrons. The van der Waals surface area contributed by atoms with Crippen molar-refractivity contribution in [2.24, 2.45) is 12.0 Å². The van der Waals surface area contributed by atoms with Crippen LogP contribution in [0.25, 0.3) is 0 Å². The molecule has 2 heterocycles. The summed E-state index contributed by atoms with van der Waals surface area (Å²) in [5, 5.41) is 27.7. The molecule has 2 aromatic rings. The molecule has 0 bridgehead atoms. The zero-order chi connectivity index (χ0) is 16.0. The van der Waals surface area contributed by atoms with Crippen LogP contribution in [0, 0.1) is 0 Å². The van der Waals surface area contributed by atoms with Crippen LogP contribution in [0.5, 0.6) is 0 Å². The first kappa shape index (κ1) is 16.0. The highest BCUT2D eigenvalue weighted by Crippen LogP contribution is 2.18. The van der Waals surface area contributed by atoms with Crippen molar-refractivity contribution in [3.05, 3.63) is 35.9 Å². The number of hydrogen-bond donors (Lipinski definition) is 4. The molecule has 22 heavy (non-hydrogen) atoms. The normalized spacial score (nSPS) is 14.6. The van der Waals surface area contributed by atoms with E-state index in [1.54, 1.807) is 30.2 Å². The van der Waals surface area contributed by atoms with Gasteiger partial charge in [-0.15, -0.1) is 0 Å². The summed E-state index contributed by atoms with van der Waals surface area (Å²) in [6, 6.07) is 1.87. The van der Waals surface area contributed by atoms with E-state index in [2.05, 4.69) is 30.9 Å². The van der Waals surface area contributed by atoms with Crippen LogP contribution in [0.2, 0.25) is 0 Å². The first-order valence-corrected chi connectivity index (χ1v) is 7.23. The van der Waals surface area contributed by atoms with Gasteiger partial charge in [0.15, 0.2) is 5.96 Å². The van der Waals surface area contributed by atoms with Crippen molar-refractivity contribution < 1.29 is 5.11 Å².